The van der Waals surface area contributed by atoms with Crippen molar-refractivity contribution in [3.8, 4) is 5.75 Å². The predicted molar refractivity (Wildman–Crippen MR) is 159 cm³/mol. The van der Waals surface area contributed by atoms with Crippen molar-refractivity contribution in [1.29, 1.82) is 0 Å². The largest absolute Gasteiger partial charge is 0.497 e. The second kappa shape index (κ2) is 14.6. The van der Waals surface area contributed by atoms with Gasteiger partial charge in [-0.2, -0.15) is 13.2 Å². The highest BCUT2D eigenvalue weighted by molar-refractivity contribution is 5.92. The number of anilines is 1. The van der Waals surface area contributed by atoms with E-state index in [4.69, 9.17) is 9.47 Å². The first-order valence-corrected chi connectivity index (χ1v) is 13.9. The molecular weight excluding hydrogens is 561 g/mol. The van der Waals surface area contributed by atoms with Crippen LogP contribution in [0.1, 0.15) is 23.1 Å². The Kier molecular flexibility index (Phi) is 10.7. The van der Waals surface area contributed by atoms with E-state index in [2.05, 4.69) is 10.3 Å². The molecule has 0 saturated heterocycles. The van der Waals surface area contributed by atoms with E-state index >= 15 is 0 Å². The number of halogens is 3. The molecule has 0 unspecified atom stereocenters. The summed E-state index contributed by atoms with van der Waals surface area (Å²) in [7, 11) is 3.11. The molecule has 11 heteroatoms. The molecule has 2 N–H and O–H groups in total. The fraction of sp³-hybridized carbons (Fsp3) is 0.312. The van der Waals surface area contributed by atoms with Crippen LogP contribution in [0.15, 0.2) is 79.0 Å². The second-order valence-corrected chi connectivity index (χ2v) is 10.0. The van der Waals surface area contributed by atoms with Gasteiger partial charge in [0.25, 0.3) is 0 Å². The zero-order chi connectivity index (χ0) is 30.8. The summed E-state index contributed by atoms with van der Waals surface area (Å²) in [5.41, 5.74) is 2.31. The van der Waals surface area contributed by atoms with Crippen molar-refractivity contribution >= 4 is 28.5 Å². The van der Waals surface area contributed by atoms with Crippen LogP contribution in [0.2, 0.25) is 0 Å². The smallest absolute Gasteiger partial charge is 0.416 e. The number of hydrogen-bond acceptors (Lipinski definition) is 4. The van der Waals surface area contributed by atoms with Gasteiger partial charge in [-0.3, -0.25) is 4.79 Å². The molecule has 4 aromatic rings. The topological polar surface area (TPSA) is 86.9 Å². The number of rotatable bonds is 13. The van der Waals surface area contributed by atoms with E-state index in [9.17, 15) is 22.8 Å². The number of aromatic nitrogens is 1. The molecule has 8 nitrogen and oxygen atoms in total. The third-order valence-electron chi connectivity index (χ3n) is 7.06. The standard InChI is InChI=1S/C32H35F3N4O4/c1-42-19-5-17-39(31(41)37-26-12-14-27(43-2)15-13-26)22-30(40)38(21-23-8-10-25(11-9-23)32(33,34)35)18-16-24-20-36-29-7-4-3-6-28(24)29/h3-4,6-15,20,36H,5,16-19,21-22H2,1-2H3,(H,37,41). The number of H-pyrrole nitrogens is 1. The molecule has 4 rings (SSSR count). The zero-order valence-electron chi connectivity index (χ0n) is 24.1. The van der Waals surface area contributed by atoms with Crippen LogP contribution >= 0.6 is 0 Å². The lowest BCUT2D eigenvalue weighted by Crippen LogP contribution is -2.45. The first-order chi connectivity index (χ1) is 20.7. The van der Waals surface area contributed by atoms with Gasteiger partial charge in [0.15, 0.2) is 0 Å². The van der Waals surface area contributed by atoms with Crippen LogP contribution in [0.3, 0.4) is 0 Å². The lowest BCUT2D eigenvalue weighted by Gasteiger charge is -2.28. The third kappa shape index (κ3) is 8.74. The first-order valence-electron chi connectivity index (χ1n) is 13.9. The summed E-state index contributed by atoms with van der Waals surface area (Å²) < 4.78 is 49.7. The van der Waals surface area contributed by atoms with Gasteiger partial charge < -0.3 is 29.6 Å². The monoisotopic (exact) mass is 596 g/mol. The van der Waals surface area contributed by atoms with Crippen molar-refractivity contribution in [2.45, 2.75) is 25.6 Å². The maximum Gasteiger partial charge on any atom is 0.416 e. The van der Waals surface area contributed by atoms with Gasteiger partial charge in [0.2, 0.25) is 5.91 Å². The fourth-order valence-electron chi connectivity index (χ4n) is 4.70. The average molecular weight is 597 g/mol. The van der Waals surface area contributed by atoms with Crippen molar-refractivity contribution in [3.05, 3.63) is 95.7 Å². The molecular formula is C32H35F3N4O4. The number of carbonyl (C=O) groups is 2. The molecule has 0 aliphatic heterocycles. The number of urea groups is 1. The van der Waals surface area contributed by atoms with E-state index < -0.39 is 17.8 Å². The summed E-state index contributed by atoms with van der Waals surface area (Å²) in [5, 5.41) is 3.85. The van der Waals surface area contributed by atoms with Gasteiger partial charge in [0.05, 0.1) is 12.7 Å². The number of aromatic amines is 1. The number of nitrogens with zero attached hydrogens (tertiary/aromatic N) is 2. The van der Waals surface area contributed by atoms with E-state index in [1.54, 1.807) is 43.4 Å². The van der Waals surface area contributed by atoms with Crippen LogP contribution in [0.5, 0.6) is 5.75 Å². The highest BCUT2D eigenvalue weighted by atomic mass is 19.4. The Morgan fingerprint density at radius 2 is 1.63 bits per heavy atom. The molecule has 43 heavy (non-hydrogen) atoms. The number of methoxy groups -OCH3 is 2. The van der Waals surface area contributed by atoms with Crippen LogP contribution < -0.4 is 10.1 Å². The molecule has 3 amide bonds. The van der Waals surface area contributed by atoms with Crippen molar-refractivity contribution < 1.29 is 32.2 Å². The number of fused-ring (bicyclic) bond motifs is 1. The molecule has 228 valence electrons. The Morgan fingerprint density at radius 3 is 2.30 bits per heavy atom. The van der Waals surface area contributed by atoms with Crippen LogP contribution in [-0.4, -0.2) is 67.2 Å². The normalized spacial score (nSPS) is 11.4. The molecule has 0 aliphatic carbocycles. The maximum atomic E-state index is 13.7. The molecule has 0 bridgehead atoms. The Labute approximate surface area is 248 Å². The van der Waals surface area contributed by atoms with E-state index in [-0.39, 0.29) is 25.5 Å². The van der Waals surface area contributed by atoms with E-state index in [1.807, 2.05) is 30.5 Å². The number of ether oxygens (including phenoxy) is 2. The van der Waals surface area contributed by atoms with E-state index in [0.29, 0.717) is 43.0 Å². The van der Waals surface area contributed by atoms with Gasteiger partial charge >= 0.3 is 12.2 Å². The van der Waals surface area contributed by atoms with Gasteiger partial charge in [-0.25, -0.2) is 4.79 Å². The van der Waals surface area contributed by atoms with Crippen LogP contribution in [0.25, 0.3) is 10.9 Å². The highest BCUT2D eigenvalue weighted by Gasteiger charge is 2.30. The SMILES string of the molecule is COCCCN(CC(=O)N(CCc1c[nH]c2ccccc12)Cc1ccc(C(F)(F)F)cc1)C(=O)Nc1ccc(OC)cc1. The zero-order valence-corrected chi connectivity index (χ0v) is 24.1. The summed E-state index contributed by atoms with van der Waals surface area (Å²) >= 11 is 0. The molecule has 0 radical (unpaired) electrons. The lowest BCUT2D eigenvalue weighted by molar-refractivity contribution is -0.137. The lowest BCUT2D eigenvalue weighted by atomic mass is 10.1. The highest BCUT2D eigenvalue weighted by Crippen LogP contribution is 2.29. The van der Waals surface area contributed by atoms with Gasteiger partial charge in [-0.05, 0) is 66.4 Å². The Balaban J connectivity index is 1.52. The molecule has 0 fully saturated rings. The average Bonchev–Trinajstić information content (AvgIpc) is 3.42. The van der Waals surface area contributed by atoms with Gasteiger partial charge in [-0.15, -0.1) is 0 Å². The van der Waals surface area contributed by atoms with Crippen LogP contribution in [0, 0.1) is 0 Å². The Hall–Kier alpha value is -4.51. The van der Waals surface area contributed by atoms with Gasteiger partial charge in [0, 0.05) is 56.1 Å². The molecule has 1 aromatic heterocycles. The summed E-state index contributed by atoms with van der Waals surface area (Å²) in [6.07, 6.45) is -1.54. The van der Waals surface area contributed by atoms with Crippen molar-refractivity contribution in [2.75, 3.05) is 45.8 Å². The molecule has 0 aliphatic rings. The van der Waals surface area contributed by atoms with Crippen molar-refractivity contribution in [2.24, 2.45) is 0 Å². The number of nitrogens with one attached hydrogen (secondary N) is 2. The number of para-hydroxylation sites is 1. The summed E-state index contributed by atoms with van der Waals surface area (Å²) in [5.74, 6) is 0.307. The number of benzene rings is 3. The Morgan fingerprint density at radius 1 is 0.907 bits per heavy atom. The first kappa shape index (κ1) is 31.4. The molecule has 0 atom stereocenters. The maximum absolute atomic E-state index is 13.7. The van der Waals surface area contributed by atoms with Crippen molar-refractivity contribution in [3.63, 3.8) is 0 Å². The van der Waals surface area contributed by atoms with E-state index in [1.165, 1.54) is 17.0 Å². The number of hydrogen-bond donors (Lipinski definition) is 2. The Bertz CT molecular complexity index is 1490. The predicted octanol–water partition coefficient (Wildman–Crippen LogP) is 6.34. The summed E-state index contributed by atoms with van der Waals surface area (Å²) in [6, 6.07) is 19.0. The summed E-state index contributed by atoms with van der Waals surface area (Å²) in [4.78, 5) is 33.2. The minimum absolute atomic E-state index is 0.0886. The third-order valence-corrected chi connectivity index (χ3v) is 7.06. The second-order valence-electron chi connectivity index (χ2n) is 10.0. The number of carbonyl (C=O) groups excluding carboxylic acids is 2. The minimum Gasteiger partial charge on any atom is -0.497 e. The minimum atomic E-state index is -4.46. The molecule has 3 aromatic carbocycles. The molecule has 1 heterocycles. The number of amides is 3. The van der Waals surface area contributed by atoms with Crippen molar-refractivity contribution in [1.82, 2.24) is 14.8 Å². The van der Waals surface area contributed by atoms with E-state index in [0.717, 1.165) is 28.6 Å². The fourth-order valence-corrected chi connectivity index (χ4v) is 4.70. The molecule has 0 saturated carbocycles. The van der Waals surface area contributed by atoms with Crippen LogP contribution in [-0.2, 0) is 28.7 Å². The van der Waals surface area contributed by atoms with Gasteiger partial charge in [-0.1, -0.05) is 30.3 Å². The quantitative estimate of drug-likeness (QED) is 0.177. The molecule has 0 spiro atoms. The summed E-state index contributed by atoms with van der Waals surface area (Å²) in [6.45, 7) is 0.827. The van der Waals surface area contributed by atoms with Crippen LogP contribution in [0.4, 0.5) is 23.7 Å². The number of alkyl halides is 3. The van der Waals surface area contributed by atoms with Gasteiger partial charge in [0.1, 0.15) is 12.3 Å².